The quantitative estimate of drug-likeness (QED) is 0.908. The molecule has 0 spiro atoms. The van der Waals surface area contributed by atoms with Gasteiger partial charge in [-0.2, -0.15) is 0 Å². The number of rotatable bonds is 5. The molecule has 3 nitrogen and oxygen atoms in total. The molecule has 1 N–H and O–H groups in total. The number of thiophene rings is 1. The van der Waals surface area contributed by atoms with Gasteiger partial charge in [-0.15, -0.1) is 11.3 Å². The number of benzene rings is 1. The van der Waals surface area contributed by atoms with Gasteiger partial charge in [0.25, 0.3) is 5.91 Å². The predicted octanol–water partition coefficient (Wildman–Crippen LogP) is 3.39. The van der Waals surface area contributed by atoms with Crippen molar-refractivity contribution in [3.8, 4) is 5.75 Å². The standard InChI is InChI=1S/C15H17NO2S/c1-3-18-13-6-4-12(5-7-13)15(17)16-10-14-11(2)8-9-19-14/h4-9H,3,10H2,1-2H3,(H,16,17). The van der Waals surface area contributed by atoms with Crippen LogP contribution in [0.2, 0.25) is 0 Å². The first-order chi connectivity index (χ1) is 9.20. The highest BCUT2D eigenvalue weighted by molar-refractivity contribution is 7.10. The number of carbonyl (C=O) groups is 1. The van der Waals surface area contributed by atoms with Gasteiger partial charge in [-0.3, -0.25) is 4.79 Å². The minimum Gasteiger partial charge on any atom is -0.494 e. The van der Waals surface area contributed by atoms with Crippen LogP contribution in [0.25, 0.3) is 0 Å². The first kappa shape index (κ1) is 13.6. The van der Waals surface area contributed by atoms with Crippen molar-refractivity contribution in [2.24, 2.45) is 0 Å². The molecule has 2 aromatic rings. The largest absolute Gasteiger partial charge is 0.494 e. The van der Waals surface area contributed by atoms with Crippen LogP contribution in [-0.2, 0) is 6.54 Å². The third-order valence-electron chi connectivity index (χ3n) is 2.81. The lowest BCUT2D eigenvalue weighted by atomic mass is 10.2. The van der Waals surface area contributed by atoms with Gasteiger partial charge in [0.2, 0.25) is 0 Å². The van der Waals surface area contributed by atoms with Crippen molar-refractivity contribution in [1.82, 2.24) is 5.32 Å². The summed E-state index contributed by atoms with van der Waals surface area (Å²) in [5.74, 6) is 0.726. The molecule has 1 amide bonds. The van der Waals surface area contributed by atoms with E-state index in [-0.39, 0.29) is 5.91 Å². The van der Waals surface area contributed by atoms with Gasteiger partial charge in [-0.25, -0.2) is 0 Å². The average Bonchev–Trinajstić information content (AvgIpc) is 2.83. The summed E-state index contributed by atoms with van der Waals surface area (Å²) >= 11 is 1.66. The minimum absolute atomic E-state index is 0.0594. The van der Waals surface area contributed by atoms with E-state index in [4.69, 9.17) is 4.74 Å². The zero-order valence-corrected chi connectivity index (χ0v) is 11.9. The van der Waals surface area contributed by atoms with Crippen LogP contribution in [0.3, 0.4) is 0 Å². The zero-order valence-electron chi connectivity index (χ0n) is 11.1. The van der Waals surface area contributed by atoms with E-state index >= 15 is 0 Å². The van der Waals surface area contributed by atoms with Crippen molar-refractivity contribution < 1.29 is 9.53 Å². The van der Waals surface area contributed by atoms with Crippen LogP contribution >= 0.6 is 11.3 Å². The molecule has 19 heavy (non-hydrogen) atoms. The summed E-state index contributed by atoms with van der Waals surface area (Å²) in [6.07, 6.45) is 0. The molecule has 4 heteroatoms. The molecule has 0 aliphatic heterocycles. The van der Waals surface area contributed by atoms with Gasteiger partial charge in [0.15, 0.2) is 0 Å². The molecule has 0 aliphatic carbocycles. The second kappa shape index (κ2) is 6.38. The second-order valence-corrected chi connectivity index (χ2v) is 5.17. The van der Waals surface area contributed by atoms with Crippen molar-refractivity contribution in [2.45, 2.75) is 20.4 Å². The Hall–Kier alpha value is -1.81. The summed E-state index contributed by atoms with van der Waals surface area (Å²) in [6, 6.07) is 9.25. The van der Waals surface area contributed by atoms with E-state index in [9.17, 15) is 4.79 Å². The van der Waals surface area contributed by atoms with Gasteiger partial charge in [-0.05, 0) is 55.1 Å². The van der Waals surface area contributed by atoms with Crippen LogP contribution in [0.15, 0.2) is 35.7 Å². The highest BCUT2D eigenvalue weighted by atomic mass is 32.1. The van der Waals surface area contributed by atoms with Gasteiger partial charge in [0, 0.05) is 10.4 Å². The third-order valence-corrected chi connectivity index (χ3v) is 3.83. The summed E-state index contributed by atoms with van der Waals surface area (Å²) in [4.78, 5) is 13.2. The number of amides is 1. The molecular weight excluding hydrogens is 258 g/mol. The SMILES string of the molecule is CCOc1ccc(C(=O)NCc2sccc2C)cc1. The lowest BCUT2D eigenvalue weighted by Gasteiger charge is -2.06. The van der Waals surface area contributed by atoms with Crippen LogP contribution in [0.1, 0.15) is 27.7 Å². The highest BCUT2D eigenvalue weighted by Gasteiger charge is 2.07. The maximum absolute atomic E-state index is 12.0. The van der Waals surface area contributed by atoms with Gasteiger partial charge in [0.05, 0.1) is 13.2 Å². The first-order valence-corrected chi connectivity index (χ1v) is 7.12. The van der Waals surface area contributed by atoms with Gasteiger partial charge in [0.1, 0.15) is 5.75 Å². The molecule has 0 unspecified atom stereocenters. The molecule has 0 fully saturated rings. The lowest BCUT2D eigenvalue weighted by Crippen LogP contribution is -2.22. The molecule has 0 atom stereocenters. The highest BCUT2D eigenvalue weighted by Crippen LogP contribution is 2.16. The Kier molecular flexibility index (Phi) is 4.58. The number of hydrogen-bond acceptors (Lipinski definition) is 3. The molecule has 1 aromatic carbocycles. The molecular formula is C15H17NO2S. The van der Waals surface area contributed by atoms with Crippen molar-refractivity contribution in [1.29, 1.82) is 0 Å². The van der Waals surface area contributed by atoms with Crippen LogP contribution in [0.4, 0.5) is 0 Å². The summed E-state index contributed by atoms with van der Waals surface area (Å²) in [7, 11) is 0. The predicted molar refractivity (Wildman–Crippen MR) is 77.8 cm³/mol. The van der Waals surface area contributed by atoms with Gasteiger partial charge < -0.3 is 10.1 Å². The molecule has 2 rings (SSSR count). The second-order valence-electron chi connectivity index (χ2n) is 4.17. The van der Waals surface area contributed by atoms with E-state index in [1.54, 1.807) is 23.5 Å². The van der Waals surface area contributed by atoms with E-state index in [0.717, 1.165) is 5.75 Å². The maximum Gasteiger partial charge on any atom is 0.251 e. The lowest BCUT2D eigenvalue weighted by molar-refractivity contribution is 0.0951. The molecule has 1 aromatic heterocycles. The summed E-state index contributed by atoms with van der Waals surface area (Å²) in [6.45, 7) is 5.19. The molecule has 1 heterocycles. The smallest absolute Gasteiger partial charge is 0.251 e. The molecule has 0 saturated carbocycles. The minimum atomic E-state index is -0.0594. The summed E-state index contributed by atoms with van der Waals surface area (Å²) in [5, 5.41) is 4.96. The van der Waals surface area contributed by atoms with Crippen LogP contribution in [0.5, 0.6) is 5.75 Å². The van der Waals surface area contributed by atoms with Crippen LogP contribution in [0, 0.1) is 6.92 Å². The Morgan fingerprint density at radius 3 is 2.58 bits per heavy atom. The Labute approximate surface area is 117 Å². The normalized spacial score (nSPS) is 10.2. The topological polar surface area (TPSA) is 38.3 Å². The molecule has 100 valence electrons. The average molecular weight is 275 g/mol. The Morgan fingerprint density at radius 2 is 2.00 bits per heavy atom. The van der Waals surface area contributed by atoms with E-state index < -0.39 is 0 Å². The monoisotopic (exact) mass is 275 g/mol. The van der Waals surface area contributed by atoms with E-state index in [1.165, 1.54) is 10.4 Å². The Bertz CT molecular complexity index is 546. The molecule has 0 saturated heterocycles. The zero-order chi connectivity index (χ0) is 13.7. The molecule has 0 radical (unpaired) electrons. The first-order valence-electron chi connectivity index (χ1n) is 6.24. The van der Waals surface area contributed by atoms with E-state index in [2.05, 4.69) is 18.3 Å². The van der Waals surface area contributed by atoms with Gasteiger partial charge in [-0.1, -0.05) is 0 Å². The molecule has 0 aliphatic rings. The maximum atomic E-state index is 12.0. The van der Waals surface area contributed by atoms with Crippen LogP contribution < -0.4 is 10.1 Å². The number of carbonyl (C=O) groups excluding carboxylic acids is 1. The Morgan fingerprint density at radius 1 is 1.26 bits per heavy atom. The van der Waals surface area contributed by atoms with E-state index in [0.29, 0.717) is 18.7 Å². The van der Waals surface area contributed by atoms with E-state index in [1.807, 2.05) is 24.4 Å². The molecule has 0 bridgehead atoms. The Balaban J connectivity index is 1.94. The number of ether oxygens (including phenoxy) is 1. The number of aryl methyl sites for hydroxylation is 1. The fourth-order valence-corrected chi connectivity index (χ4v) is 2.56. The third kappa shape index (κ3) is 3.58. The fraction of sp³-hybridized carbons (Fsp3) is 0.267. The van der Waals surface area contributed by atoms with Crippen molar-refractivity contribution in [3.63, 3.8) is 0 Å². The van der Waals surface area contributed by atoms with Gasteiger partial charge >= 0.3 is 0 Å². The van der Waals surface area contributed by atoms with Crippen molar-refractivity contribution in [2.75, 3.05) is 6.61 Å². The summed E-state index contributed by atoms with van der Waals surface area (Å²) < 4.78 is 5.35. The van der Waals surface area contributed by atoms with Crippen molar-refractivity contribution >= 4 is 17.2 Å². The summed E-state index contributed by atoms with van der Waals surface area (Å²) in [5.41, 5.74) is 1.87. The van der Waals surface area contributed by atoms with Crippen molar-refractivity contribution in [3.05, 3.63) is 51.7 Å². The number of hydrogen-bond donors (Lipinski definition) is 1. The number of nitrogens with one attached hydrogen (secondary N) is 1. The van der Waals surface area contributed by atoms with Crippen LogP contribution in [-0.4, -0.2) is 12.5 Å². The fourth-order valence-electron chi connectivity index (χ4n) is 1.72.